The summed E-state index contributed by atoms with van der Waals surface area (Å²) in [6.07, 6.45) is 0.272. The summed E-state index contributed by atoms with van der Waals surface area (Å²) in [6.45, 7) is 0.943. The molecule has 2 aromatic rings. The number of hydrogen-bond acceptors (Lipinski definition) is 3. The smallest absolute Gasteiger partial charge is 0.227 e. The summed E-state index contributed by atoms with van der Waals surface area (Å²) < 4.78 is 1.04. The van der Waals surface area contributed by atoms with E-state index in [1.165, 1.54) is 0 Å². The average Bonchev–Trinajstić information content (AvgIpc) is 3.12. The Labute approximate surface area is 141 Å². The van der Waals surface area contributed by atoms with Crippen LogP contribution in [-0.2, 0) is 16.1 Å². The predicted octanol–water partition coefficient (Wildman–Crippen LogP) is 3.18. The molecule has 1 aliphatic heterocycles. The predicted molar refractivity (Wildman–Crippen MR) is 90.8 cm³/mol. The van der Waals surface area contributed by atoms with Crippen LogP contribution in [0.5, 0.6) is 0 Å². The molecule has 2 heterocycles. The van der Waals surface area contributed by atoms with Gasteiger partial charge in [0, 0.05) is 25.2 Å². The SMILES string of the molecule is O=C(NCc1csc(Br)c1)C1CC(=O)N(c2ccccc2)C1. The van der Waals surface area contributed by atoms with E-state index in [9.17, 15) is 9.59 Å². The van der Waals surface area contributed by atoms with E-state index < -0.39 is 0 Å². The van der Waals surface area contributed by atoms with E-state index in [-0.39, 0.29) is 24.2 Å². The molecule has 1 aromatic heterocycles. The molecule has 1 aromatic carbocycles. The normalized spacial score (nSPS) is 17.8. The van der Waals surface area contributed by atoms with E-state index in [4.69, 9.17) is 0 Å². The highest BCUT2D eigenvalue weighted by atomic mass is 79.9. The van der Waals surface area contributed by atoms with Crippen molar-refractivity contribution in [2.75, 3.05) is 11.4 Å². The Morgan fingerprint density at radius 3 is 2.82 bits per heavy atom. The number of rotatable bonds is 4. The van der Waals surface area contributed by atoms with Crippen LogP contribution in [0.15, 0.2) is 45.6 Å². The van der Waals surface area contributed by atoms with Crippen LogP contribution in [0.25, 0.3) is 0 Å². The van der Waals surface area contributed by atoms with E-state index in [0.29, 0.717) is 13.1 Å². The number of benzene rings is 1. The molecule has 2 amide bonds. The number of nitrogens with zero attached hydrogens (tertiary/aromatic N) is 1. The number of nitrogens with one attached hydrogen (secondary N) is 1. The lowest BCUT2D eigenvalue weighted by Crippen LogP contribution is -2.32. The maximum Gasteiger partial charge on any atom is 0.227 e. The molecule has 114 valence electrons. The standard InChI is InChI=1S/C16H15BrN2O2S/c17-14-6-11(10-22-14)8-18-16(21)12-7-15(20)19(9-12)13-4-2-1-3-5-13/h1-6,10,12H,7-9H2,(H,18,21). The molecule has 4 nitrogen and oxygen atoms in total. The lowest BCUT2D eigenvalue weighted by Gasteiger charge is -2.16. The maximum atomic E-state index is 12.2. The van der Waals surface area contributed by atoms with E-state index in [1.54, 1.807) is 16.2 Å². The Balaban J connectivity index is 1.59. The summed E-state index contributed by atoms with van der Waals surface area (Å²) in [4.78, 5) is 26.0. The average molecular weight is 379 g/mol. The monoisotopic (exact) mass is 378 g/mol. The molecule has 1 fully saturated rings. The van der Waals surface area contributed by atoms with Crippen LogP contribution in [0.3, 0.4) is 0 Å². The summed E-state index contributed by atoms with van der Waals surface area (Å²) in [7, 11) is 0. The molecule has 0 saturated carbocycles. The van der Waals surface area contributed by atoms with Crippen LogP contribution >= 0.6 is 27.3 Å². The zero-order chi connectivity index (χ0) is 15.5. The van der Waals surface area contributed by atoms with Gasteiger partial charge in [-0.2, -0.15) is 0 Å². The third-order valence-corrected chi connectivity index (χ3v) is 5.21. The van der Waals surface area contributed by atoms with Gasteiger partial charge in [0.05, 0.1) is 9.70 Å². The van der Waals surface area contributed by atoms with Crippen LogP contribution in [0, 0.1) is 5.92 Å². The lowest BCUT2D eigenvalue weighted by molar-refractivity contribution is -0.126. The molecule has 0 radical (unpaired) electrons. The van der Waals surface area contributed by atoms with Crippen molar-refractivity contribution in [1.29, 1.82) is 0 Å². The third kappa shape index (κ3) is 3.39. The van der Waals surface area contributed by atoms with Crippen LogP contribution in [0.2, 0.25) is 0 Å². The molecular weight excluding hydrogens is 364 g/mol. The molecular formula is C16H15BrN2O2S. The van der Waals surface area contributed by atoms with Crippen molar-refractivity contribution < 1.29 is 9.59 Å². The summed E-state index contributed by atoms with van der Waals surface area (Å²) in [6, 6.07) is 11.5. The Bertz CT molecular complexity index is 686. The number of hydrogen-bond donors (Lipinski definition) is 1. The van der Waals surface area contributed by atoms with E-state index in [0.717, 1.165) is 15.0 Å². The van der Waals surface area contributed by atoms with Gasteiger partial charge in [-0.15, -0.1) is 11.3 Å². The molecule has 0 bridgehead atoms. The highest BCUT2D eigenvalue weighted by Gasteiger charge is 2.34. The summed E-state index contributed by atoms with van der Waals surface area (Å²) >= 11 is 4.99. The Morgan fingerprint density at radius 2 is 2.14 bits per heavy atom. The lowest BCUT2D eigenvalue weighted by atomic mass is 10.1. The number of carbonyl (C=O) groups is 2. The largest absolute Gasteiger partial charge is 0.352 e. The highest BCUT2D eigenvalue weighted by molar-refractivity contribution is 9.11. The second-order valence-electron chi connectivity index (χ2n) is 5.22. The zero-order valence-electron chi connectivity index (χ0n) is 11.8. The molecule has 0 spiro atoms. The highest BCUT2D eigenvalue weighted by Crippen LogP contribution is 2.25. The minimum absolute atomic E-state index is 0.00428. The molecule has 3 rings (SSSR count). The maximum absolute atomic E-state index is 12.2. The first-order valence-electron chi connectivity index (χ1n) is 6.99. The van der Waals surface area contributed by atoms with E-state index in [1.807, 2.05) is 41.8 Å². The van der Waals surface area contributed by atoms with Gasteiger partial charge < -0.3 is 10.2 Å². The van der Waals surface area contributed by atoms with Crippen molar-refractivity contribution in [2.24, 2.45) is 5.92 Å². The Kier molecular flexibility index (Phi) is 4.59. The minimum atomic E-state index is -0.283. The second kappa shape index (κ2) is 6.62. The number of anilines is 1. The molecule has 1 saturated heterocycles. The van der Waals surface area contributed by atoms with Gasteiger partial charge in [-0.3, -0.25) is 9.59 Å². The van der Waals surface area contributed by atoms with Gasteiger partial charge in [-0.25, -0.2) is 0 Å². The fourth-order valence-corrected chi connectivity index (χ4v) is 3.72. The Hall–Kier alpha value is -1.66. The summed E-state index contributed by atoms with van der Waals surface area (Å²) in [5, 5.41) is 4.92. The van der Waals surface area contributed by atoms with Crippen LogP contribution in [-0.4, -0.2) is 18.4 Å². The first-order chi connectivity index (χ1) is 10.6. The molecule has 1 N–H and O–H groups in total. The number of carbonyl (C=O) groups excluding carboxylic acids is 2. The van der Waals surface area contributed by atoms with E-state index in [2.05, 4.69) is 21.2 Å². The second-order valence-corrected chi connectivity index (χ2v) is 7.51. The van der Waals surface area contributed by atoms with Crippen molar-refractivity contribution in [1.82, 2.24) is 5.32 Å². The molecule has 1 atom stereocenters. The summed E-state index contributed by atoms with van der Waals surface area (Å²) in [5.41, 5.74) is 1.92. The van der Waals surface area contributed by atoms with Gasteiger partial charge in [-0.05, 0) is 45.1 Å². The topological polar surface area (TPSA) is 49.4 Å². The molecule has 6 heteroatoms. The zero-order valence-corrected chi connectivity index (χ0v) is 14.2. The molecule has 1 unspecified atom stereocenters. The van der Waals surface area contributed by atoms with Gasteiger partial charge in [0.15, 0.2) is 0 Å². The van der Waals surface area contributed by atoms with Gasteiger partial charge in [-0.1, -0.05) is 18.2 Å². The first-order valence-corrected chi connectivity index (χ1v) is 8.67. The van der Waals surface area contributed by atoms with Crippen molar-refractivity contribution in [3.63, 3.8) is 0 Å². The fraction of sp³-hybridized carbons (Fsp3) is 0.250. The van der Waals surface area contributed by atoms with Crippen molar-refractivity contribution in [3.8, 4) is 0 Å². The van der Waals surface area contributed by atoms with Crippen LogP contribution in [0.4, 0.5) is 5.69 Å². The van der Waals surface area contributed by atoms with Gasteiger partial charge in [0.2, 0.25) is 11.8 Å². The van der Waals surface area contributed by atoms with Crippen molar-refractivity contribution in [2.45, 2.75) is 13.0 Å². The summed E-state index contributed by atoms with van der Waals surface area (Å²) in [5.74, 6) is -0.339. The molecule has 0 aliphatic carbocycles. The first kappa shape index (κ1) is 15.2. The number of para-hydroxylation sites is 1. The number of amides is 2. The van der Waals surface area contributed by atoms with Crippen LogP contribution < -0.4 is 10.2 Å². The van der Waals surface area contributed by atoms with Crippen molar-refractivity contribution >= 4 is 44.8 Å². The molecule has 22 heavy (non-hydrogen) atoms. The van der Waals surface area contributed by atoms with Crippen LogP contribution in [0.1, 0.15) is 12.0 Å². The third-order valence-electron chi connectivity index (χ3n) is 3.65. The number of halogens is 1. The fourth-order valence-electron chi connectivity index (χ4n) is 2.51. The quantitative estimate of drug-likeness (QED) is 0.887. The minimum Gasteiger partial charge on any atom is -0.352 e. The number of thiophene rings is 1. The van der Waals surface area contributed by atoms with Gasteiger partial charge in [0.25, 0.3) is 0 Å². The van der Waals surface area contributed by atoms with E-state index >= 15 is 0 Å². The Morgan fingerprint density at radius 1 is 1.36 bits per heavy atom. The molecule has 1 aliphatic rings. The van der Waals surface area contributed by atoms with Gasteiger partial charge in [0.1, 0.15) is 0 Å². The van der Waals surface area contributed by atoms with Gasteiger partial charge >= 0.3 is 0 Å². The van der Waals surface area contributed by atoms with Crippen molar-refractivity contribution in [3.05, 3.63) is 51.1 Å².